The second-order valence-electron chi connectivity index (χ2n) is 10.5. The zero-order valence-electron chi connectivity index (χ0n) is 17.6. The van der Waals surface area contributed by atoms with Crippen LogP contribution in [0.4, 0.5) is 0 Å². The molecule has 0 radical (unpaired) electrons. The zero-order chi connectivity index (χ0) is 18.7. The SMILES string of the molecule is CCCO[C@@H]1CC[C@@H]2[C@H]3CC=C4CC5(CC[C@]4(C)[C@@H]3CC[C@]21C)OCCO5. The van der Waals surface area contributed by atoms with Crippen LogP contribution in [0.25, 0.3) is 0 Å². The van der Waals surface area contributed by atoms with Gasteiger partial charge in [-0.1, -0.05) is 32.4 Å². The summed E-state index contributed by atoms with van der Waals surface area (Å²) in [6.45, 7) is 9.84. The minimum atomic E-state index is -0.284. The Morgan fingerprint density at radius 3 is 2.63 bits per heavy atom. The van der Waals surface area contributed by atoms with E-state index in [0.717, 1.165) is 56.8 Å². The van der Waals surface area contributed by atoms with Crippen LogP contribution in [0.2, 0.25) is 0 Å². The van der Waals surface area contributed by atoms with Crippen molar-refractivity contribution in [2.75, 3.05) is 19.8 Å². The number of hydrogen-bond acceptors (Lipinski definition) is 3. The minimum absolute atomic E-state index is 0.284. The molecular formula is C24H38O3. The van der Waals surface area contributed by atoms with Crippen molar-refractivity contribution in [2.45, 2.75) is 90.4 Å². The van der Waals surface area contributed by atoms with Crippen LogP contribution in [-0.2, 0) is 14.2 Å². The lowest BCUT2D eigenvalue weighted by Crippen LogP contribution is -2.53. The quantitative estimate of drug-likeness (QED) is 0.612. The summed E-state index contributed by atoms with van der Waals surface area (Å²) in [5.41, 5.74) is 2.43. The minimum Gasteiger partial charge on any atom is -0.378 e. The highest BCUT2D eigenvalue weighted by molar-refractivity contribution is 5.26. The van der Waals surface area contributed by atoms with Crippen molar-refractivity contribution < 1.29 is 14.2 Å². The molecule has 4 fully saturated rings. The molecule has 0 unspecified atom stereocenters. The average molecular weight is 375 g/mol. The van der Waals surface area contributed by atoms with Crippen LogP contribution in [0.3, 0.4) is 0 Å². The fourth-order valence-electron chi connectivity index (χ4n) is 7.83. The first-order valence-electron chi connectivity index (χ1n) is 11.6. The number of rotatable bonds is 3. The molecule has 3 heteroatoms. The molecule has 0 amide bonds. The van der Waals surface area contributed by atoms with Gasteiger partial charge in [-0.05, 0) is 73.5 Å². The van der Waals surface area contributed by atoms with E-state index in [9.17, 15) is 0 Å². The molecular weight excluding hydrogens is 336 g/mol. The number of ether oxygens (including phenoxy) is 3. The largest absolute Gasteiger partial charge is 0.378 e. The fourth-order valence-corrected chi connectivity index (χ4v) is 7.83. The van der Waals surface area contributed by atoms with E-state index in [1.54, 1.807) is 5.57 Å². The topological polar surface area (TPSA) is 27.7 Å². The molecule has 1 spiro atoms. The average Bonchev–Trinajstić information content (AvgIpc) is 3.25. The van der Waals surface area contributed by atoms with E-state index in [-0.39, 0.29) is 5.79 Å². The van der Waals surface area contributed by atoms with E-state index in [1.165, 1.54) is 38.5 Å². The molecule has 3 saturated carbocycles. The van der Waals surface area contributed by atoms with Gasteiger partial charge in [0.1, 0.15) is 0 Å². The monoisotopic (exact) mass is 374 g/mol. The molecule has 0 aromatic heterocycles. The summed E-state index contributed by atoms with van der Waals surface area (Å²) in [6.07, 6.45) is 14.2. The van der Waals surface area contributed by atoms with E-state index in [4.69, 9.17) is 14.2 Å². The van der Waals surface area contributed by atoms with Gasteiger partial charge in [-0.2, -0.15) is 0 Å². The van der Waals surface area contributed by atoms with Crippen molar-refractivity contribution in [3.05, 3.63) is 11.6 Å². The van der Waals surface area contributed by atoms with Crippen molar-refractivity contribution in [2.24, 2.45) is 28.6 Å². The second-order valence-corrected chi connectivity index (χ2v) is 10.5. The number of hydrogen-bond donors (Lipinski definition) is 0. The first kappa shape index (κ1) is 18.6. The molecule has 0 bridgehead atoms. The van der Waals surface area contributed by atoms with Crippen molar-refractivity contribution in [1.29, 1.82) is 0 Å². The molecule has 5 rings (SSSR count). The third-order valence-corrected chi connectivity index (χ3v) is 9.36. The molecule has 5 aliphatic rings. The van der Waals surface area contributed by atoms with Gasteiger partial charge in [-0.25, -0.2) is 0 Å². The number of fused-ring (bicyclic) bond motifs is 5. The Morgan fingerprint density at radius 2 is 1.85 bits per heavy atom. The van der Waals surface area contributed by atoms with Gasteiger partial charge in [-0.3, -0.25) is 0 Å². The van der Waals surface area contributed by atoms with Crippen molar-refractivity contribution in [3.63, 3.8) is 0 Å². The summed E-state index contributed by atoms with van der Waals surface area (Å²) in [4.78, 5) is 0. The van der Waals surface area contributed by atoms with Crippen LogP contribution in [-0.4, -0.2) is 31.7 Å². The maximum absolute atomic E-state index is 6.35. The predicted molar refractivity (Wildman–Crippen MR) is 106 cm³/mol. The molecule has 0 N–H and O–H groups in total. The van der Waals surface area contributed by atoms with Crippen LogP contribution in [0.5, 0.6) is 0 Å². The van der Waals surface area contributed by atoms with E-state index < -0.39 is 0 Å². The maximum Gasteiger partial charge on any atom is 0.172 e. The Labute approximate surface area is 165 Å². The Balaban J connectivity index is 1.39. The Morgan fingerprint density at radius 1 is 1.04 bits per heavy atom. The Hall–Kier alpha value is -0.380. The second kappa shape index (κ2) is 6.57. The Bertz CT molecular complexity index is 607. The molecule has 0 aromatic carbocycles. The summed E-state index contributed by atoms with van der Waals surface area (Å²) < 4.78 is 18.5. The third-order valence-electron chi connectivity index (χ3n) is 9.36. The van der Waals surface area contributed by atoms with Crippen molar-refractivity contribution in [1.82, 2.24) is 0 Å². The molecule has 6 atom stereocenters. The highest BCUT2D eigenvalue weighted by atomic mass is 16.7. The first-order chi connectivity index (χ1) is 13.0. The molecule has 152 valence electrons. The van der Waals surface area contributed by atoms with Gasteiger partial charge in [0.15, 0.2) is 5.79 Å². The molecule has 0 aromatic rings. The van der Waals surface area contributed by atoms with Crippen molar-refractivity contribution in [3.8, 4) is 0 Å². The van der Waals surface area contributed by atoms with E-state index in [1.807, 2.05) is 0 Å². The number of allylic oxidation sites excluding steroid dienone is 1. The lowest BCUT2D eigenvalue weighted by atomic mass is 9.47. The normalized spacial score (nSPS) is 48.0. The van der Waals surface area contributed by atoms with E-state index in [0.29, 0.717) is 16.9 Å². The smallest absolute Gasteiger partial charge is 0.172 e. The van der Waals surface area contributed by atoms with Gasteiger partial charge < -0.3 is 14.2 Å². The summed E-state index contributed by atoms with van der Waals surface area (Å²) in [5, 5.41) is 0. The van der Waals surface area contributed by atoms with Gasteiger partial charge in [0.05, 0.1) is 19.3 Å². The van der Waals surface area contributed by atoms with Gasteiger partial charge in [0, 0.05) is 19.4 Å². The maximum atomic E-state index is 6.35. The van der Waals surface area contributed by atoms with Gasteiger partial charge in [0.25, 0.3) is 0 Å². The van der Waals surface area contributed by atoms with Crippen molar-refractivity contribution >= 4 is 0 Å². The van der Waals surface area contributed by atoms with Crippen LogP contribution in [0.1, 0.15) is 78.6 Å². The van der Waals surface area contributed by atoms with Gasteiger partial charge in [-0.15, -0.1) is 0 Å². The molecule has 1 heterocycles. The fraction of sp³-hybridized carbons (Fsp3) is 0.917. The van der Waals surface area contributed by atoms with Crippen LogP contribution < -0.4 is 0 Å². The Kier molecular flexibility index (Phi) is 4.53. The summed E-state index contributed by atoms with van der Waals surface area (Å²) in [6, 6.07) is 0. The predicted octanol–water partition coefficient (Wildman–Crippen LogP) is 5.49. The lowest BCUT2D eigenvalue weighted by molar-refractivity contribution is -0.186. The first-order valence-corrected chi connectivity index (χ1v) is 11.6. The highest BCUT2D eigenvalue weighted by Gasteiger charge is 2.60. The molecule has 3 nitrogen and oxygen atoms in total. The van der Waals surface area contributed by atoms with E-state index in [2.05, 4.69) is 26.8 Å². The lowest BCUT2D eigenvalue weighted by Gasteiger charge is -2.58. The molecule has 1 saturated heterocycles. The molecule has 4 aliphatic carbocycles. The molecule has 27 heavy (non-hydrogen) atoms. The highest BCUT2D eigenvalue weighted by Crippen LogP contribution is 2.66. The molecule has 1 aliphatic heterocycles. The standard InChI is InChI=1S/C24H38O3/c1-4-13-25-21-8-7-19-18-6-5-17-16-24(26-14-15-27-24)12-11-22(17,2)20(18)9-10-23(19,21)3/h5,18-21H,4,6-16H2,1-3H3/t18-,19-,20-,21-,22+,23-/m1/s1. The van der Waals surface area contributed by atoms with Gasteiger partial charge >= 0.3 is 0 Å². The van der Waals surface area contributed by atoms with Gasteiger partial charge in [0.2, 0.25) is 0 Å². The summed E-state index contributed by atoms with van der Waals surface area (Å²) in [5.74, 6) is 2.27. The van der Waals surface area contributed by atoms with Crippen LogP contribution in [0.15, 0.2) is 11.6 Å². The third kappa shape index (κ3) is 2.71. The van der Waals surface area contributed by atoms with E-state index >= 15 is 0 Å². The zero-order valence-corrected chi connectivity index (χ0v) is 17.6. The van der Waals surface area contributed by atoms with Crippen LogP contribution >= 0.6 is 0 Å². The summed E-state index contributed by atoms with van der Waals surface area (Å²) >= 11 is 0. The summed E-state index contributed by atoms with van der Waals surface area (Å²) in [7, 11) is 0. The van der Waals surface area contributed by atoms with Crippen LogP contribution in [0, 0.1) is 28.6 Å².